The third-order valence-electron chi connectivity index (χ3n) is 3.99. The molecule has 0 radical (unpaired) electrons. The summed E-state index contributed by atoms with van der Waals surface area (Å²) in [5.41, 5.74) is 1.89. The highest BCUT2D eigenvalue weighted by Gasteiger charge is 2.24. The number of methoxy groups -OCH3 is 1. The highest BCUT2D eigenvalue weighted by molar-refractivity contribution is 8.18. The van der Waals surface area contributed by atoms with Crippen molar-refractivity contribution in [2.24, 2.45) is 4.99 Å². The van der Waals surface area contributed by atoms with Crippen molar-refractivity contribution in [3.63, 3.8) is 0 Å². The summed E-state index contributed by atoms with van der Waals surface area (Å²) in [7, 11) is 1.44. The number of rotatable bonds is 7. The van der Waals surface area contributed by atoms with Gasteiger partial charge in [0, 0.05) is 5.56 Å². The molecule has 0 unspecified atom stereocenters. The summed E-state index contributed by atoms with van der Waals surface area (Å²) >= 11 is 1.18. The van der Waals surface area contributed by atoms with Crippen molar-refractivity contribution in [3.8, 4) is 11.5 Å². The largest absolute Gasteiger partial charge is 0.493 e. The number of nitrogens with zero attached hydrogens (tertiary/aromatic N) is 1. The zero-order chi connectivity index (χ0) is 21.7. The molecule has 0 aliphatic carbocycles. The monoisotopic (exact) mass is 426 g/mol. The number of hydrogen-bond acceptors (Lipinski definition) is 7. The van der Waals surface area contributed by atoms with Gasteiger partial charge in [-0.3, -0.25) is 9.59 Å². The van der Waals surface area contributed by atoms with Crippen LogP contribution in [0.5, 0.6) is 11.5 Å². The van der Waals surface area contributed by atoms with E-state index in [0.29, 0.717) is 38.4 Å². The lowest BCUT2D eigenvalue weighted by atomic mass is 10.1. The van der Waals surface area contributed by atoms with Crippen molar-refractivity contribution < 1.29 is 29.0 Å². The Morgan fingerprint density at radius 3 is 2.53 bits per heavy atom. The predicted octanol–water partition coefficient (Wildman–Crippen LogP) is 3.25. The SMILES string of the molecule is COc1cc(/C=C2/SC(=Nc3ccc(C(C)=O)cc3)NC2=O)ccc1OCC(=O)O. The van der Waals surface area contributed by atoms with Crippen LogP contribution in [0.3, 0.4) is 0 Å². The maximum atomic E-state index is 12.3. The first-order valence-corrected chi connectivity index (χ1v) is 9.60. The van der Waals surface area contributed by atoms with Gasteiger partial charge in [-0.15, -0.1) is 0 Å². The minimum absolute atomic E-state index is 0.0298. The van der Waals surface area contributed by atoms with Crippen LogP contribution >= 0.6 is 11.8 Å². The molecule has 2 N–H and O–H groups in total. The standard InChI is InChI=1S/C21H18N2O6S/c1-12(24)14-4-6-15(7-5-14)22-21-23-20(27)18(30-21)10-13-3-8-16(17(9-13)28-2)29-11-19(25)26/h3-10H,11H2,1-2H3,(H,25,26)(H,22,23,27)/b18-10+. The van der Waals surface area contributed by atoms with Gasteiger partial charge in [0.05, 0.1) is 17.7 Å². The van der Waals surface area contributed by atoms with E-state index < -0.39 is 12.6 Å². The first kappa shape index (κ1) is 21.1. The molecule has 1 fully saturated rings. The number of amidine groups is 1. The Balaban J connectivity index is 1.77. The van der Waals surface area contributed by atoms with E-state index in [4.69, 9.17) is 14.6 Å². The minimum atomic E-state index is -1.09. The van der Waals surface area contributed by atoms with Crippen LogP contribution in [0.15, 0.2) is 52.4 Å². The smallest absolute Gasteiger partial charge is 0.341 e. The number of aliphatic imine (C=N–C) groups is 1. The Bertz CT molecular complexity index is 1060. The van der Waals surface area contributed by atoms with Crippen LogP contribution in [0, 0.1) is 0 Å². The van der Waals surface area contributed by atoms with Crippen molar-refractivity contribution >= 4 is 46.4 Å². The van der Waals surface area contributed by atoms with E-state index in [0.717, 1.165) is 0 Å². The zero-order valence-electron chi connectivity index (χ0n) is 16.2. The van der Waals surface area contributed by atoms with Gasteiger partial charge in [0.1, 0.15) is 0 Å². The second-order valence-electron chi connectivity index (χ2n) is 6.18. The van der Waals surface area contributed by atoms with Crippen LogP contribution in [0.4, 0.5) is 5.69 Å². The number of Topliss-reactive ketones (excluding diaryl/α,β-unsaturated/α-hetero) is 1. The van der Waals surface area contributed by atoms with Gasteiger partial charge < -0.3 is 19.9 Å². The number of ketones is 1. The Morgan fingerprint density at radius 2 is 1.90 bits per heavy atom. The summed E-state index contributed by atoms with van der Waals surface area (Å²) in [5.74, 6) is -0.762. The molecule has 1 amide bonds. The average Bonchev–Trinajstić information content (AvgIpc) is 3.05. The van der Waals surface area contributed by atoms with E-state index in [9.17, 15) is 14.4 Å². The third kappa shape index (κ3) is 5.26. The van der Waals surface area contributed by atoms with Crippen molar-refractivity contribution in [1.29, 1.82) is 0 Å². The summed E-state index contributed by atoms with van der Waals surface area (Å²) in [5, 5.41) is 11.9. The van der Waals surface area contributed by atoms with Gasteiger partial charge in [0.2, 0.25) is 0 Å². The maximum absolute atomic E-state index is 12.3. The first-order valence-electron chi connectivity index (χ1n) is 8.79. The van der Waals surface area contributed by atoms with Crippen LogP contribution in [-0.4, -0.2) is 41.7 Å². The van der Waals surface area contributed by atoms with Gasteiger partial charge in [-0.1, -0.05) is 6.07 Å². The number of carboxylic acids is 1. The molecule has 2 aromatic carbocycles. The topological polar surface area (TPSA) is 114 Å². The molecule has 3 rings (SSSR count). The van der Waals surface area contributed by atoms with E-state index in [1.165, 1.54) is 25.8 Å². The number of nitrogens with one attached hydrogen (secondary N) is 1. The molecule has 1 heterocycles. The number of carboxylic acid groups (broad SMARTS) is 1. The molecular weight excluding hydrogens is 408 g/mol. The Morgan fingerprint density at radius 1 is 1.17 bits per heavy atom. The number of ether oxygens (including phenoxy) is 2. The number of carbonyl (C=O) groups excluding carboxylic acids is 2. The van der Waals surface area contributed by atoms with Crippen LogP contribution < -0.4 is 14.8 Å². The summed E-state index contributed by atoms with van der Waals surface area (Å²) in [6.07, 6.45) is 1.67. The second kappa shape index (κ2) is 9.27. The van der Waals surface area contributed by atoms with Crippen LogP contribution in [0.1, 0.15) is 22.8 Å². The number of thioether (sulfide) groups is 1. The highest BCUT2D eigenvalue weighted by Crippen LogP contribution is 2.32. The van der Waals surface area contributed by atoms with Crippen LogP contribution in [-0.2, 0) is 9.59 Å². The lowest BCUT2D eigenvalue weighted by Crippen LogP contribution is -2.19. The summed E-state index contributed by atoms with van der Waals surface area (Å²) in [4.78, 5) is 39.1. The van der Waals surface area contributed by atoms with E-state index in [1.54, 1.807) is 48.5 Å². The van der Waals surface area contributed by atoms with Gasteiger partial charge in [-0.2, -0.15) is 0 Å². The third-order valence-corrected chi connectivity index (χ3v) is 4.90. The summed E-state index contributed by atoms with van der Waals surface area (Å²) in [6.45, 7) is 1.01. The molecule has 0 saturated carbocycles. The fourth-order valence-corrected chi connectivity index (χ4v) is 3.39. The molecular formula is C21H18N2O6S. The molecule has 9 heteroatoms. The molecule has 1 aliphatic rings. The Labute approximate surface area is 176 Å². The number of aliphatic carboxylic acids is 1. The Hall–Kier alpha value is -3.59. The van der Waals surface area contributed by atoms with Gasteiger partial charge >= 0.3 is 5.97 Å². The van der Waals surface area contributed by atoms with Gasteiger partial charge in [0.25, 0.3) is 5.91 Å². The molecule has 0 bridgehead atoms. The van der Waals surface area contributed by atoms with E-state index in [2.05, 4.69) is 10.3 Å². The van der Waals surface area contributed by atoms with Gasteiger partial charge in [-0.25, -0.2) is 9.79 Å². The quantitative estimate of drug-likeness (QED) is 0.516. The van der Waals surface area contributed by atoms with E-state index in [1.807, 2.05) is 0 Å². The maximum Gasteiger partial charge on any atom is 0.341 e. The van der Waals surface area contributed by atoms with E-state index >= 15 is 0 Å². The summed E-state index contributed by atoms with van der Waals surface area (Å²) < 4.78 is 10.4. The number of benzene rings is 2. The second-order valence-corrected chi connectivity index (χ2v) is 7.21. The normalized spacial score (nSPS) is 15.9. The van der Waals surface area contributed by atoms with Gasteiger partial charge in [-0.05, 0) is 66.7 Å². The Kier molecular flexibility index (Phi) is 6.53. The molecule has 154 valence electrons. The molecule has 2 aromatic rings. The van der Waals surface area contributed by atoms with Crippen molar-refractivity contribution in [2.75, 3.05) is 13.7 Å². The lowest BCUT2D eigenvalue weighted by molar-refractivity contribution is -0.139. The number of carbonyl (C=O) groups is 3. The van der Waals surface area contributed by atoms with Gasteiger partial charge in [0.15, 0.2) is 29.1 Å². The molecule has 0 aromatic heterocycles. The van der Waals surface area contributed by atoms with Crippen LogP contribution in [0.2, 0.25) is 0 Å². The van der Waals surface area contributed by atoms with Crippen molar-refractivity contribution in [2.45, 2.75) is 6.92 Å². The number of amides is 1. The first-order chi connectivity index (χ1) is 14.4. The molecule has 8 nitrogen and oxygen atoms in total. The molecule has 0 spiro atoms. The fraction of sp³-hybridized carbons (Fsp3) is 0.143. The van der Waals surface area contributed by atoms with Crippen molar-refractivity contribution in [3.05, 3.63) is 58.5 Å². The average molecular weight is 426 g/mol. The molecule has 1 saturated heterocycles. The molecule has 0 atom stereocenters. The molecule has 1 aliphatic heterocycles. The minimum Gasteiger partial charge on any atom is -0.493 e. The predicted molar refractivity (Wildman–Crippen MR) is 113 cm³/mol. The summed E-state index contributed by atoms with van der Waals surface area (Å²) in [6, 6.07) is 11.7. The van der Waals surface area contributed by atoms with Crippen LogP contribution in [0.25, 0.3) is 6.08 Å². The highest BCUT2D eigenvalue weighted by atomic mass is 32.2. The van der Waals surface area contributed by atoms with E-state index in [-0.39, 0.29) is 11.7 Å². The zero-order valence-corrected chi connectivity index (χ0v) is 17.0. The van der Waals surface area contributed by atoms with Crippen molar-refractivity contribution in [1.82, 2.24) is 5.32 Å². The lowest BCUT2D eigenvalue weighted by Gasteiger charge is -2.09. The molecule has 30 heavy (non-hydrogen) atoms. The fourth-order valence-electron chi connectivity index (χ4n) is 2.55. The number of hydrogen-bond donors (Lipinski definition) is 2.